The Morgan fingerprint density at radius 3 is 2.60 bits per heavy atom. The first kappa shape index (κ1) is 17.6. The fraction of sp³-hybridized carbons (Fsp3) is 0.0625. The lowest BCUT2D eigenvalue weighted by Gasteiger charge is -2.03. The molecular weight excluding hydrogens is 330 g/mol. The highest BCUT2D eigenvalue weighted by Gasteiger charge is 2.10. The molecule has 128 valence electrons. The lowest BCUT2D eigenvalue weighted by Crippen LogP contribution is -2.17. The quantitative estimate of drug-likeness (QED) is 0.448. The van der Waals surface area contributed by atoms with Crippen LogP contribution in [-0.2, 0) is 4.79 Å². The Bertz CT molecular complexity index is 817. The van der Waals surface area contributed by atoms with Crippen molar-refractivity contribution in [1.82, 2.24) is 5.43 Å². The molecule has 0 heterocycles. The molecule has 9 heteroatoms. The van der Waals surface area contributed by atoms with Gasteiger partial charge in [-0.1, -0.05) is 6.07 Å². The summed E-state index contributed by atoms with van der Waals surface area (Å²) >= 11 is 0. The van der Waals surface area contributed by atoms with E-state index in [4.69, 9.17) is 9.84 Å². The molecule has 0 aliphatic heterocycles. The number of carboxylic acid groups (broad SMARTS) is 1. The molecule has 0 atom stereocenters. The predicted octanol–water partition coefficient (Wildman–Crippen LogP) is 1.82. The van der Waals surface area contributed by atoms with Crippen LogP contribution in [0.1, 0.15) is 15.9 Å². The molecule has 2 rings (SSSR count). The number of ether oxygens (including phenoxy) is 1. The highest BCUT2D eigenvalue weighted by Crippen LogP contribution is 2.13. The topological polar surface area (TPSA) is 131 Å². The fourth-order valence-corrected chi connectivity index (χ4v) is 1.79. The zero-order chi connectivity index (χ0) is 18.2. The summed E-state index contributed by atoms with van der Waals surface area (Å²) in [5.74, 6) is -1.27. The largest absolute Gasteiger partial charge is 0.482 e. The number of carbonyl (C=O) groups excluding carboxylic acids is 1. The molecular formula is C16H13N3O6. The first-order valence-electron chi connectivity index (χ1n) is 6.98. The Kier molecular flexibility index (Phi) is 5.77. The van der Waals surface area contributed by atoms with Gasteiger partial charge in [0.1, 0.15) is 5.75 Å². The van der Waals surface area contributed by atoms with Crippen molar-refractivity contribution in [3.63, 3.8) is 0 Å². The maximum atomic E-state index is 11.9. The predicted molar refractivity (Wildman–Crippen MR) is 87.7 cm³/mol. The van der Waals surface area contributed by atoms with Gasteiger partial charge >= 0.3 is 5.97 Å². The number of benzene rings is 2. The van der Waals surface area contributed by atoms with Crippen LogP contribution in [0.2, 0.25) is 0 Å². The Labute approximate surface area is 141 Å². The Morgan fingerprint density at radius 2 is 1.96 bits per heavy atom. The van der Waals surface area contributed by atoms with Crippen molar-refractivity contribution in [3.05, 3.63) is 69.8 Å². The highest BCUT2D eigenvalue weighted by atomic mass is 16.6. The van der Waals surface area contributed by atoms with Crippen LogP contribution in [0.4, 0.5) is 5.69 Å². The SMILES string of the molecule is O=C(O)COc1ccc(C=NNC(=O)c2cccc([N+](=O)[O-])c2)cc1. The van der Waals surface area contributed by atoms with E-state index in [0.29, 0.717) is 11.3 Å². The van der Waals surface area contributed by atoms with E-state index in [2.05, 4.69) is 10.5 Å². The number of nitrogens with zero attached hydrogens (tertiary/aromatic N) is 2. The number of nitrogens with one attached hydrogen (secondary N) is 1. The van der Waals surface area contributed by atoms with Crippen molar-refractivity contribution in [2.45, 2.75) is 0 Å². The smallest absolute Gasteiger partial charge is 0.341 e. The summed E-state index contributed by atoms with van der Waals surface area (Å²) < 4.78 is 4.98. The minimum atomic E-state index is -1.07. The van der Waals surface area contributed by atoms with E-state index in [1.807, 2.05) is 0 Å². The van der Waals surface area contributed by atoms with Crippen LogP contribution < -0.4 is 10.2 Å². The molecule has 0 aliphatic carbocycles. The maximum Gasteiger partial charge on any atom is 0.341 e. The number of rotatable bonds is 7. The monoisotopic (exact) mass is 343 g/mol. The molecule has 25 heavy (non-hydrogen) atoms. The molecule has 0 saturated carbocycles. The van der Waals surface area contributed by atoms with Crippen LogP contribution >= 0.6 is 0 Å². The average Bonchev–Trinajstić information content (AvgIpc) is 2.61. The lowest BCUT2D eigenvalue weighted by molar-refractivity contribution is -0.384. The van der Waals surface area contributed by atoms with E-state index in [1.54, 1.807) is 24.3 Å². The summed E-state index contributed by atoms with van der Waals surface area (Å²) in [5, 5.41) is 23.0. The molecule has 0 saturated heterocycles. The van der Waals surface area contributed by atoms with Crippen LogP contribution in [0.25, 0.3) is 0 Å². The number of non-ortho nitro benzene ring substituents is 1. The van der Waals surface area contributed by atoms with E-state index in [-0.39, 0.29) is 11.3 Å². The molecule has 1 amide bonds. The molecule has 2 N–H and O–H groups in total. The van der Waals surface area contributed by atoms with E-state index < -0.39 is 23.4 Å². The van der Waals surface area contributed by atoms with Gasteiger partial charge in [-0.2, -0.15) is 5.10 Å². The second kappa shape index (κ2) is 8.20. The van der Waals surface area contributed by atoms with Gasteiger partial charge in [0, 0.05) is 17.7 Å². The van der Waals surface area contributed by atoms with Gasteiger partial charge in [-0.05, 0) is 35.9 Å². The summed E-state index contributed by atoms with van der Waals surface area (Å²) in [5.41, 5.74) is 2.84. The second-order valence-corrected chi connectivity index (χ2v) is 4.76. The van der Waals surface area contributed by atoms with Crippen molar-refractivity contribution in [3.8, 4) is 5.75 Å². The minimum absolute atomic E-state index is 0.115. The zero-order valence-electron chi connectivity index (χ0n) is 12.8. The van der Waals surface area contributed by atoms with Gasteiger partial charge in [-0.3, -0.25) is 14.9 Å². The third-order valence-electron chi connectivity index (χ3n) is 2.94. The first-order chi connectivity index (χ1) is 12.0. The van der Waals surface area contributed by atoms with E-state index >= 15 is 0 Å². The van der Waals surface area contributed by atoms with Gasteiger partial charge in [0.05, 0.1) is 11.1 Å². The number of nitro benzene ring substituents is 1. The molecule has 0 aliphatic rings. The van der Waals surface area contributed by atoms with Crippen LogP contribution in [0.3, 0.4) is 0 Å². The summed E-state index contributed by atoms with van der Waals surface area (Å²) in [6.07, 6.45) is 1.37. The molecule has 2 aromatic rings. The molecule has 0 fully saturated rings. The number of hydrazone groups is 1. The van der Waals surface area contributed by atoms with Gasteiger partial charge in [0.15, 0.2) is 6.61 Å². The standard InChI is InChI=1S/C16H13N3O6/c20-15(21)10-25-14-6-4-11(5-7-14)9-17-18-16(22)12-2-1-3-13(8-12)19(23)24/h1-9H,10H2,(H,18,22)(H,20,21). The molecule has 2 aromatic carbocycles. The molecule has 0 spiro atoms. The lowest BCUT2D eigenvalue weighted by atomic mass is 10.2. The number of aliphatic carboxylic acids is 1. The number of carboxylic acids is 1. The van der Waals surface area contributed by atoms with Crippen molar-refractivity contribution >= 4 is 23.8 Å². The van der Waals surface area contributed by atoms with Crippen molar-refractivity contribution in [2.75, 3.05) is 6.61 Å². The van der Waals surface area contributed by atoms with Crippen LogP contribution in [0, 0.1) is 10.1 Å². The summed E-state index contributed by atoms with van der Waals surface area (Å²) in [6, 6.07) is 11.7. The number of carbonyl (C=O) groups is 2. The first-order valence-corrected chi connectivity index (χ1v) is 6.98. The number of hydrogen-bond donors (Lipinski definition) is 2. The van der Waals surface area contributed by atoms with Gasteiger partial charge < -0.3 is 9.84 Å². The Balaban J connectivity index is 1.94. The highest BCUT2D eigenvalue weighted by molar-refractivity contribution is 5.95. The molecule has 9 nitrogen and oxygen atoms in total. The normalized spacial score (nSPS) is 10.4. The van der Waals surface area contributed by atoms with Gasteiger partial charge in [-0.25, -0.2) is 10.2 Å². The molecule has 0 aromatic heterocycles. The maximum absolute atomic E-state index is 11.9. The van der Waals surface area contributed by atoms with Crippen LogP contribution in [0.5, 0.6) is 5.75 Å². The summed E-state index contributed by atoms with van der Waals surface area (Å²) in [7, 11) is 0. The molecule has 0 unspecified atom stereocenters. The third kappa shape index (κ3) is 5.43. The Hall–Kier alpha value is -3.75. The van der Waals surface area contributed by atoms with E-state index in [0.717, 1.165) is 6.07 Å². The molecule has 0 radical (unpaired) electrons. The number of amides is 1. The zero-order valence-corrected chi connectivity index (χ0v) is 12.8. The van der Waals surface area contributed by atoms with Gasteiger partial charge in [-0.15, -0.1) is 0 Å². The van der Waals surface area contributed by atoms with E-state index in [1.165, 1.54) is 24.4 Å². The van der Waals surface area contributed by atoms with Crippen LogP contribution in [-0.4, -0.2) is 34.7 Å². The third-order valence-corrected chi connectivity index (χ3v) is 2.94. The van der Waals surface area contributed by atoms with Crippen LogP contribution in [0.15, 0.2) is 53.6 Å². The van der Waals surface area contributed by atoms with Crippen molar-refractivity contribution in [2.24, 2.45) is 5.10 Å². The second-order valence-electron chi connectivity index (χ2n) is 4.76. The van der Waals surface area contributed by atoms with Crippen molar-refractivity contribution in [1.29, 1.82) is 0 Å². The number of hydrogen-bond acceptors (Lipinski definition) is 6. The summed E-state index contributed by atoms with van der Waals surface area (Å²) in [6.45, 7) is -0.438. The summed E-state index contributed by atoms with van der Waals surface area (Å²) in [4.78, 5) is 32.4. The fourth-order valence-electron chi connectivity index (χ4n) is 1.79. The van der Waals surface area contributed by atoms with Gasteiger partial charge in [0.25, 0.3) is 11.6 Å². The minimum Gasteiger partial charge on any atom is -0.482 e. The van der Waals surface area contributed by atoms with Gasteiger partial charge in [0.2, 0.25) is 0 Å². The molecule has 0 bridgehead atoms. The Morgan fingerprint density at radius 1 is 1.24 bits per heavy atom. The average molecular weight is 343 g/mol. The van der Waals surface area contributed by atoms with Crippen molar-refractivity contribution < 1.29 is 24.4 Å². The number of nitro groups is 1. The van der Waals surface area contributed by atoms with E-state index in [9.17, 15) is 19.7 Å².